The normalized spacial score (nSPS) is 16.1. The predicted octanol–water partition coefficient (Wildman–Crippen LogP) is 1.62. The molecule has 0 spiro atoms. The van der Waals surface area contributed by atoms with Crippen LogP contribution in [0, 0.1) is 4.91 Å². The number of ether oxygens (including phenoxy) is 2. The van der Waals surface area contributed by atoms with Crippen molar-refractivity contribution >= 4 is 6.03 Å². The van der Waals surface area contributed by atoms with E-state index in [0.717, 1.165) is 0 Å². The molecule has 2 amide bonds. The lowest BCUT2D eigenvalue weighted by molar-refractivity contribution is 0.152. The highest BCUT2D eigenvalue weighted by atomic mass is 16.5. The first-order valence-corrected chi connectivity index (χ1v) is 6.58. The molecule has 112 valence electrons. The molecule has 0 aromatic carbocycles. The molecule has 1 aliphatic rings. The van der Waals surface area contributed by atoms with E-state index in [-0.39, 0.29) is 12.6 Å². The third-order valence-corrected chi connectivity index (χ3v) is 2.84. The van der Waals surface area contributed by atoms with Gasteiger partial charge < -0.3 is 19.7 Å². The van der Waals surface area contributed by atoms with Crippen LogP contribution in [-0.4, -0.2) is 50.8 Å². The van der Waals surface area contributed by atoms with Gasteiger partial charge in [0.15, 0.2) is 11.5 Å². The van der Waals surface area contributed by atoms with Crippen molar-refractivity contribution in [2.24, 2.45) is 5.18 Å². The summed E-state index contributed by atoms with van der Waals surface area (Å²) in [7, 11) is 1.54. The zero-order valence-electron chi connectivity index (χ0n) is 11.9. The summed E-state index contributed by atoms with van der Waals surface area (Å²) < 4.78 is 10.8. The molecule has 1 rings (SSSR count). The molecular formula is C13H21N3O4. The lowest BCUT2D eigenvalue weighted by Crippen LogP contribution is -2.31. The van der Waals surface area contributed by atoms with E-state index in [0.29, 0.717) is 44.2 Å². The third kappa shape index (κ3) is 4.91. The molecule has 1 heterocycles. The van der Waals surface area contributed by atoms with Gasteiger partial charge in [-0.15, -0.1) is 0 Å². The van der Waals surface area contributed by atoms with Crippen LogP contribution in [0.1, 0.15) is 13.3 Å². The van der Waals surface area contributed by atoms with Crippen LogP contribution in [0.3, 0.4) is 0 Å². The standard InChI is InChI=1S/C13H21N3O4/c1-3-11(12(19-2)5-4-6-15-18)20-10-9-16-8-7-14-13(16)17/h3,5H,4,6-10H2,1-2H3,(H,14,17)/b11-3+,12-5+. The second-order valence-electron chi connectivity index (χ2n) is 4.13. The minimum atomic E-state index is -0.0600. The van der Waals surface area contributed by atoms with E-state index in [2.05, 4.69) is 10.5 Å². The number of allylic oxidation sites excluding steroid dienone is 1. The number of hydrogen-bond acceptors (Lipinski definition) is 5. The highest BCUT2D eigenvalue weighted by Gasteiger charge is 2.19. The summed E-state index contributed by atoms with van der Waals surface area (Å²) >= 11 is 0. The van der Waals surface area contributed by atoms with E-state index >= 15 is 0 Å². The Kier molecular flexibility index (Phi) is 7.16. The fourth-order valence-electron chi connectivity index (χ4n) is 1.82. The molecule has 7 heteroatoms. The Morgan fingerprint density at radius 1 is 1.50 bits per heavy atom. The van der Waals surface area contributed by atoms with Gasteiger partial charge in [0, 0.05) is 13.1 Å². The smallest absolute Gasteiger partial charge is 0.317 e. The van der Waals surface area contributed by atoms with E-state index in [9.17, 15) is 9.70 Å². The number of amides is 2. The van der Waals surface area contributed by atoms with Gasteiger partial charge in [-0.2, -0.15) is 4.91 Å². The molecule has 0 aromatic rings. The molecule has 0 radical (unpaired) electrons. The van der Waals surface area contributed by atoms with E-state index in [4.69, 9.17) is 9.47 Å². The van der Waals surface area contributed by atoms with E-state index in [1.165, 1.54) is 0 Å². The zero-order valence-corrected chi connectivity index (χ0v) is 11.9. The maximum atomic E-state index is 11.4. The Bertz CT molecular complexity index is 393. The highest BCUT2D eigenvalue weighted by Crippen LogP contribution is 2.13. The lowest BCUT2D eigenvalue weighted by Gasteiger charge is -2.17. The molecule has 1 aliphatic heterocycles. The largest absolute Gasteiger partial charge is 0.493 e. The summed E-state index contributed by atoms with van der Waals surface area (Å²) in [5.41, 5.74) is 0. The Hall–Kier alpha value is -2.05. The lowest BCUT2D eigenvalue weighted by atomic mass is 10.3. The number of nitrogens with one attached hydrogen (secondary N) is 1. The maximum absolute atomic E-state index is 11.4. The van der Waals surface area contributed by atoms with Crippen LogP contribution in [-0.2, 0) is 9.47 Å². The summed E-state index contributed by atoms with van der Waals surface area (Å²) in [5.74, 6) is 1.17. The molecule has 1 fully saturated rings. The average molecular weight is 283 g/mol. The van der Waals surface area contributed by atoms with Crippen molar-refractivity contribution in [3.63, 3.8) is 0 Å². The number of nitroso groups, excluding NO2 is 1. The third-order valence-electron chi connectivity index (χ3n) is 2.84. The number of urea groups is 1. The van der Waals surface area contributed by atoms with Crippen molar-refractivity contribution in [3.05, 3.63) is 28.6 Å². The van der Waals surface area contributed by atoms with E-state index < -0.39 is 0 Å². The monoisotopic (exact) mass is 283 g/mol. The SMILES string of the molecule is C/C=C(OCCN1CCNC1=O)\C(=C/CCN=O)OC. The van der Waals surface area contributed by atoms with Crippen molar-refractivity contribution < 1.29 is 14.3 Å². The molecule has 7 nitrogen and oxygen atoms in total. The second-order valence-corrected chi connectivity index (χ2v) is 4.13. The number of hydrogen-bond donors (Lipinski definition) is 1. The van der Waals surface area contributed by atoms with Gasteiger partial charge in [-0.3, -0.25) is 0 Å². The van der Waals surface area contributed by atoms with Crippen LogP contribution < -0.4 is 5.32 Å². The quantitative estimate of drug-likeness (QED) is 0.302. The highest BCUT2D eigenvalue weighted by molar-refractivity contribution is 5.76. The fraction of sp³-hybridized carbons (Fsp3) is 0.615. The average Bonchev–Trinajstić information content (AvgIpc) is 2.86. The van der Waals surface area contributed by atoms with Gasteiger partial charge in [0.05, 0.1) is 20.2 Å². The second kappa shape index (κ2) is 8.95. The van der Waals surface area contributed by atoms with Crippen LogP contribution in [0.5, 0.6) is 0 Å². The molecule has 0 bridgehead atoms. The molecule has 0 aromatic heterocycles. The van der Waals surface area contributed by atoms with Gasteiger partial charge in [0.1, 0.15) is 6.61 Å². The van der Waals surface area contributed by atoms with Gasteiger partial charge in [0.2, 0.25) is 0 Å². The number of rotatable bonds is 9. The van der Waals surface area contributed by atoms with Crippen molar-refractivity contribution in [3.8, 4) is 0 Å². The summed E-state index contributed by atoms with van der Waals surface area (Å²) in [5, 5.41) is 5.52. The van der Waals surface area contributed by atoms with Gasteiger partial charge in [-0.05, 0) is 25.5 Å². The molecule has 1 saturated heterocycles. The first kappa shape index (κ1) is 16.0. The van der Waals surface area contributed by atoms with E-state index in [1.807, 2.05) is 6.92 Å². The van der Waals surface area contributed by atoms with E-state index in [1.54, 1.807) is 24.2 Å². The summed E-state index contributed by atoms with van der Waals surface area (Å²) in [6, 6.07) is -0.0600. The van der Waals surface area contributed by atoms with Crippen LogP contribution in [0.15, 0.2) is 28.8 Å². The molecular weight excluding hydrogens is 262 g/mol. The number of nitrogens with zero attached hydrogens (tertiary/aromatic N) is 2. The maximum Gasteiger partial charge on any atom is 0.317 e. The summed E-state index contributed by atoms with van der Waals surface area (Å²) in [4.78, 5) is 23.1. The minimum Gasteiger partial charge on any atom is -0.493 e. The molecule has 20 heavy (non-hydrogen) atoms. The number of methoxy groups -OCH3 is 1. The van der Waals surface area contributed by atoms with Gasteiger partial charge in [-0.1, -0.05) is 5.18 Å². The van der Waals surface area contributed by atoms with Gasteiger partial charge in [-0.25, -0.2) is 4.79 Å². The van der Waals surface area contributed by atoms with Gasteiger partial charge >= 0.3 is 6.03 Å². The van der Waals surface area contributed by atoms with Crippen molar-refractivity contribution in [1.29, 1.82) is 0 Å². The van der Waals surface area contributed by atoms with Crippen LogP contribution in [0.4, 0.5) is 4.79 Å². The summed E-state index contributed by atoms with van der Waals surface area (Å²) in [6.07, 6.45) is 4.05. The molecule has 0 atom stereocenters. The van der Waals surface area contributed by atoms with Gasteiger partial charge in [0.25, 0.3) is 0 Å². The Morgan fingerprint density at radius 2 is 2.30 bits per heavy atom. The van der Waals surface area contributed by atoms with Crippen molar-refractivity contribution in [2.45, 2.75) is 13.3 Å². The van der Waals surface area contributed by atoms with Crippen molar-refractivity contribution in [1.82, 2.24) is 10.2 Å². The van der Waals surface area contributed by atoms with Crippen LogP contribution in [0.25, 0.3) is 0 Å². The van der Waals surface area contributed by atoms with Crippen LogP contribution >= 0.6 is 0 Å². The first-order chi connectivity index (χ1) is 9.72. The van der Waals surface area contributed by atoms with Crippen molar-refractivity contribution in [2.75, 3.05) is 39.9 Å². The molecule has 0 saturated carbocycles. The first-order valence-electron chi connectivity index (χ1n) is 6.58. The summed E-state index contributed by atoms with van der Waals surface area (Å²) in [6.45, 7) is 4.33. The Balaban J connectivity index is 2.43. The molecule has 1 N–H and O–H groups in total. The Morgan fingerprint density at radius 3 is 2.85 bits per heavy atom. The minimum absolute atomic E-state index is 0.0600. The zero-order chi connectivity index (χ0) is 14.8. The van der Waals surface area contributed by atoms with Crippen LogP contribution in [0.2, 0.25) is 0 Å². The Labute approximate surface area is 118 Å². The molecule has 0 aliphatic carbocycles. The fourth-order valence-corrected chi connectivity index (χ4v) is 1.82. The number of carbonyl (C=O) groups is 1. The topological polar surface area (TPSA) is 80.2 Å². The predicted molar refractivity (Wildman–Crippen MR) is 75.1 cm³/mol. The molecule has 0 unspecified atom stereocenters. The number of carbonyl (C=O) groups excluding carboxylic acids is 1.